The molecule has 1 aromatic heterocycles. The van der Waals surface area contributed by atoms with E-state index >= 15 is 0 Å². The third-order valence-electron chi connectivity index (χ3n) is 4.48. The van der Waals surface area contributed by atoms with Crippen LogP contribution in [0.1, 0.15) is 16.1 Å². The molecule has 7 heteroatoms. The molecule has 170 valence electrons. The molecule has 0 bridgehead atoms. The van der Waals surface area contributed by atoms with Gasteiger partial charge in [0.05, 0.1) is 10.6 Å². The Morgan fingerprint density at radius 2 is 1.48 bits per heavy atom. The molecule has 4 nitrogen and oxygen atoms in total. The molecule has 4 aromatic rings. The second-order valence-electron chi connectivity index (χ2n) is 6.91. The standard InChI is InChI=1S/C24H19ClFNOS.2CH2O/c1-15-3-5-18(6-4-15)24-23(17-7-9-20(26)10-8-17)27-22(29-24)14-28-21-12-16(2)11-19(25)13-21;2*1-2/h3-13H,14H2,1-2H3;2*1H2. The van der Waals surface area contributed by atoms with E-state index in [2.05, 4.69) is 31.2 Å². The molecular formula is C26H23ClFNO3S. The van der Waals surface area contributed by atoms with Crippen molar-refractivity contribution in [2.45, 2.75) is 20.5 Å². The summed E-state index contributed by atoms with van der Waals surface area (Å²) in [5.41, 5.74) is 5.03. The van der Waals surface area contributed by atoms with E-state index in [-0.39, 0.29) is 5.82 Å². The Balaban J connectivity index is 0.000000914. The largest absolute Gasteiger partial charge is 0.486 e. The van der Waals surface area contributed by atoms with Gasteiger partial charge in [-0.25, -0.2) is 9.37 Å². The molecule has 1 heterocycles. The Morgan fingerprint density at radius 1 is 0.879 bits per heavy atom. The van der Waals surface area contributed by atoms with E-state index in [4.69, 9.17) is 30.9 Å². The van der Waals surface area contributed by atoms with Gasteiger partial charge in [0.2, 0.25) is 0 Å². The number of hydrogen-bond acceptors (Lipinski definition) is 5. The van der Waals surface area contributed by atoms with Crippen molar-refractivity contribution in [1.82, 2.24) is 4.98 Å². The molecule has 33 heavy (non-hydrogen) atoms. The number of aryl methyl sites for hydroxylation is 2. The minimum absolute atomic E-state index is 0.263. The first kappa shape index (κ1) is 25.9. The molecule has 0 fully saturated rings. The van der Waals surface area contributed by atoms with Crippen molar-refractivity contribution in [3.8, 4) is 27.4 Å². The first-order chi connectivity index (χ1) is 16.0. The maximum absolute atomic E-state index is 13.4. The van der Waals surface area contributed by atoms with Crippen LogP contribution in [0.2, 0.25) is 5.02 Å². The monoisotopic (exact) mass is 483 g/mol. The molecule has 0 spiro atoms. The third kappa shape index (κ3) is 7.07. The topological polar surface area (TPSA) is 56.3 Å². The maximum atomic E-state index is 13.4. The van der Waals surface area contributed by atoms with Gasteiger partial charge >= 0.3 is 0 Å². The van der Waals surface area contributed by atoms with Gasteiger partial charge in [-0.15, -0.1) is 11.3 Å². The van der Waals surface area contributed by atoms with Crippen molar-refractivity contribution in [1.29, 1.82) is 0 Å². The Morgan fingerprint density at radius 3 is 2.09 bits per heavy atom. The first-order valence-corrected chi connectivity index (χ1v) is 11.0. The molecular weight excluding hydrogens is 461 g/mol. The van der Waals surface area contributed by atoms with Crippen molar-refractivity contribution >= 4 is 36.5 Å². The zero-order chi connectivity index (χ0) is 24.4. The summed E-state index contributed by atoms with van der Waals surface area (Å²) >= 11 is 7.71. The van der Waals surface area contributed by atoms with Crippen LogP contribution < -0.4 is 4.74 Å². The maximum Gasteiger partial charge on any atom is 0.140 e. The van der Waals surface area contributed by atoms with E-state index in [0.29, 0.717) is 17.4 Å². The van der Waals surface area contributed by atoms with Gasteiger partial charge in [-0.05, 0) is 67.4 Å². The van der Waals surface area contributed by atoms with Crippen LogP contribution in [0.3, 0.4) is 0 Å². The molecule has 0 radical (unpaired) electrons. The van der Waals surface area contributed by atoms with Gasteiger partial charge in [-0.3, -0.25) is 0 Å². The van der Waals surface area contributed by atoms with E-state index in [1.807, 2.05) is 32.6 Å². The van der Waals surface area contributed by atoms with Gasteiger partial charge in [0.25, 0.3) is 0 Å². The zero-order valence-corrected chi connectivity index (χ0v) is 19.9. The summed E-state index contributed by atoms with van der Waals surface area (Å²) in [7, 11) is 0. The molecule has 0 atom stereocenters. The number of carbonyl (C=O) groups is 2. The van der Waals surface area contributed by atoms with Crippen molar-refractivity contribution in [2.75, 3.05) is 0 Å². The minimum Gasteiger partial charge on any atom is -0.486 e. The van der Waals surface area contributed by atoms with Gasteiger partial charge in [-0.2, -0.15) is 0 Å². The minimum atomic E-state index is -0.263. The van der Waals surface area contributed by atoms with E-state index in [1.165, 1.54) is 17.7 Å². The molecule has 0 unspecified atom stereocenters. The third-order valence-corrected chi connectivity index (χ3v) is 5.78. The van der Waals surface area contributed by atoms with Gasteiger partial charge in [-0.1, -0.05) is 41.4 Å². The van der Waals surface area contributed by atoms with Crippen LogP contribution in [-0.4, -0.2) is 18.6 Å². The second kappa shape index (κ2) is 12.6. The molecule has 0 N–H and O–H groups in total. The van der Waals surface area contributed by atoms with Crippen molar-refractivity contribution in [3.05, 3.63) is 93.7 Å². The van der Waals surface area contributed by atoms with Crippen LogP contribution in [0.15, 0.2) is 66.7 Å². The number of rotatable bonds is 5. The van der Waals surface area contributed by atoms with Crippen LogP contribution in [0.4, 0.5) is 4.39 Å². The summed E-state index contributed by atoms with van der Waals surface area (Å²) in [5, 5.41) is 1.49. The highest BCUT2D eigenvalue weighted by Crippen LogP contribution is 2.37. The van der Waals surface area contributed by atoms with Gasteiger partial charge < -0.3 is 14.3 Å². The van der Waals surface area contributed by atoms with E-state index in [9.17, 15) is 4.39 Å². The summed E-state index contributed by atoms with van der Waals surface area (Å²) in [5.74, 6) is 0.450. The summed E-state index contributed by atoms with van der Waals surface area (Å²) in [6.45, 7) is 8.37. The fraction of sp³-hybridized carbons (Fsp3) is 0.115. The number of halogens is 2. The number of aromatic nitrogens is 1. The van der Waals surface area contributed by atoms with Crippen LogP contribution in [-0.2, 0) is 16.2 Å². The number of carbonyl (C=O) groups excluding carboxylic acids is 2. The quantitative estimate of drug-likeness (QED) is 0.304. The normalized spacial score (nSPS) is 9.82. The van der Waals surface area contributed by atoms with Crippen molar-refractivity contribution in [3.63, 3.8) is 0 Å². The van der Waals surface area contributed by atoms with Crippen molar-refractivity contribution < 1.29 is 18.7 Å². The summed E-state index contributed by atoms with van der Waals surface area (Å²) in [6, 6.07) is 20.4. The van der Waals surface area contributed by atoms with Crippen LogP contribution in [0, 0.1) is 19.7 Å². The lowest BCUT2D eigenvalue weighted by Crippen LogP contribution is -1.95. The molecule has 0 aliphatic rings. The fourth-order valence-electron chi connectivity index (χ4n) is 3.06. The molecule has 0 saturated heterocycles. The van der Waals surface area contributed by atoms with Crippen molar-refractivity contribution in [2.24, 2.45) is 0 Å². The Hall–Kier alpha value is -3.35. The number of thiazole rings is 1. The lowest BCUT2D eigenvalue weighted by atomic mass is 10.1. The zero-order valence-electron chi connectivity index (χ0n) is 18.3. The number of nitrogens with zero attached hydrogens (tertiary/aromatic N) is 1. The predicted molar refractivity (Wildman–Crippen MR) is 132 cm³/mol. The number of hydrogen-bond donors (Lipinski definition) is 0. The average molecular weight is 484 g/mol. The highest BCUT2D eigenvalue weighted by Gasteiger charge is 2.16. The summed E-state index contributed by atoms with van der Waals surface area (Å²) in [6.07, 6.45) is 0. The van der Waals surface area contributed by atoms with Crippen LogP contribution in [0.25, 0.3) is 21.7 Å². The second-order valence-corrected chi connectivity index (χ2v) is 8.43. The van der Waals surface area contributed by atoms with Gasteiger partial charge in [0.15, 0.2) is 0 Å². The molecule has 4 rings (SSSR count). The molecule has 0 aliphatic heterocycles. The Bertz CT molecular complexity index is 1090. The first-order valence-electron chi connectivity index (χ1n) is 9.78. The summed E-state index contributed by atoms with van der Waals surface area (Å²) < 4.78 is 19.3. The van der Waals surface area contributed by atoms with Gasteiger partial charge in [0, 0.05) is 10.6 Å². The lowest BCUT2D eigenvalue weighted by molar-refractivity contribution is -0.0987. The van der Waals surface area contributed by atoms with E-state index in [0.717, 1.165) is 32.3 Å². The number of ether oxygens (including phenoxy) is 1. The SMILES string of the molecule is C=O.C=O.Cc1ccc(-c2sc(COc3cc(C)cc(Cl)c3)nc2-c2ccc(F)cc2)cc1. The summed E-state index contributed by atoms with van der Waals surface area (Å²) in [4.78, 5) is 21.8. The highest BCUT2D eigenvalue weighted by molar-refractivity contribution is 7.15. The smallest absolute Gasteiger partial charge is 0.140 e. The Kier molecular flexibility index (Phi) is 9.91. The van der Waals surface area contributed by atoms with E-state index < -0.39 is 0 Å². The van der Waals surface area contributed by atoms with Crippen LogP contribution in [0.5, 0.6) is 5.75 Å². The highest BCUT2D eigenvalue weighted by atomic mass is 35.5. The molecule has 0 saturated carbocycles. The van der Waals surface area contributed by atoms with E-state index in [1.54, 1.807) is 29.5 Å². The fourth-order valence-corrected chi connectivity index (χ4v) is 4.35. The average Bonchev–Trinajstić information content (AvgIpc) is 3.25. The Labute approximate surface area is 201 Å². The molecule has 3 aromatic carbocycles. The molecule has 0 amide bonds. The predicted octanol–water partition coefficient (Wildman–Crippen LogP) is 7.10. The van der Waals surface area contributed by atoms with Gasteiger partial charge in [0.1, 0.15) is 36.8 Å². The number of benzene rings is 3. The van der Waals surface area contributed by atoms with Crippen LogP contribution >= 0.6 is 22.9 Å². The lowest BCUT2D eigenvalue weighted by Gasteiger charge is -2.05. The molecule has 0 aliphatic carbocycles.